The normalized spacial score (nSPS) is 21.1. The number of carbonyl (C=O) groups is 1. The first-order chi connectivity index (χ1) is 8.09. The van der Waals surface area contributed by atoms with Gasteiger partial charge in [0.05, 0.1) is 11.5 Å². The minimum atomic E-state index is -0.371. The topological polar surface area (TPSA) is 55.6 Å². The van der Waals surface area contributed by atoms with Gasteiger partial charge in [-0.3, -0.25) is 4.79 Å². The third kappa shape index (κ3) is 3.84. The summed E-state index contributed by atoms with van der Waals surface area (Å²) in [6.45, 7) is 8.79. The predicted molar refractivity (Wildman–Crippen MR) is 75.9 cm³/mol. The summed E-state index contributed by atoms with van der Waals surface area (Å²) >= 11 is 0. The summed E-state index contributed by atoms with van der Waals surface area (Å²) in [5.74, 6) is 0.211. The van der Waals surface area contributed by atoms with Crippen molar-refractivity contribution < 1.29 is 9.53 Å². The van der Waals surface area contributed by atoms with Gasteiger partial charge in [0.1, 0.15) is 0 Å². The molecule has 1 amide bonds. The molecule has 1 saturated heterocycles. The molecule has 1 heterocycles. The van der Waals surface area contributed by atoms with E-state index in [4.69, 9.17) is 10.5 Å². The molecule has 1 aliphatic rings. The average molecular weight is 279 g/mol. The van der Waals surface area contributed by atoms with Crippen LogP contribution in [0.5, 0.6) is 0 Å². The van der Waals surface area contributed by atoms with Crippen molar-refractivity contribution in [2.24, 2.45) is 11.1 Å². The standard InChI is InChI=1S/C13H26N2O2.ClH/c1-4-13(5-2,10-14)12(16)15-7-6-8-17-11(3)9-15;/h11H,4-10,14H2,1-3H3;1H. The Morgan fingerprint density at radius 2 is 2.06 bits per heavy atom. The third-order valence-electron chi connectivity index (χ3n) is 3.94. The van der Waals surface area contributed by atoms with Crippen molar-refractivity contribution in [1.82, 2.24) is 4.90 Å². The van der Waals surface area contributed by atoms with Gasteiger partial charge in [0.15, 0.2) is 0 Å². The van der Waals surface area contributed by atoms with Crippen LogP contribution in [0, 0.1) is 5.41 Å². The minimum absolute atomic E-state index is 0. The third-order valence-corrected chi connectivity index (χ3v) is 3.94. The van der Waals surface area contributed by atoms with Gasteiger partial charge in [0.25, 0.3) is 0 Å². The molecule has 1 atom stereocenters. The number of rotatable bonds is 4. The smallest absolute Gasteiger partial charge is 0.230 e. The second-order valence-corrected chi connectivity index (χ2v) is 4.98. The Balaban J connectivity index is 0.00000289. The zero-order chi connectivity index (χ0) is 12.9. The molecule has 0 saturated carbocycles. The van der Waals surface area contributed by atoms with E-state index in [1.54, 1.807) is 0 Å². The van der Waals surface area contributed by atoms with Crippen molar-refractivity contribution in [3.8, 4) is 0 Å². The molecule has 0 spiro atoms. The first-order valence-electron chi connectivity index (χ1n) is 6.70. The number of nitrogens with zero attached hydrogens (tertiary/aromatic N) is 1. The monoisotopic (exact) mass is 278 g/mol. The molecule has 4 nitrogen and oxygen atoms in total. The first-order valence-corrected chi connectivity index (χ1v) is 6.70. The number of carbonyl (C=O) groups excluding carboxylic acids is 1. The molecule has 108 valence electrons. The van der Waals surface area contributed by atoms with Gasteiger partial charge in [-0.05, 0) is 26.2 Å². The van der Waals surface area contributed by atoms with Gasteiger partial charge in [-0.2, -0.15) is 0 Å². The molecule has 2 N–H and O–H groups in total. The molecular formula is C13H27ClN2O2. The predicted octanol–water partition coefficient (Wildman–Crippen LogP) is 1.81. The van der Waals surface area contributed by atoms with Gasteiger partial charge in [-0.15, -0.1) is 12.4 Å². The second-order valence-electron chi connectivity index (χ2n) is 4.98. The van der Waals surface area contributed by atoms with E-state index >= 15 is 0 Å². The molecule has 0 aromatic carbocycles. The van der Waals surface area contributed by atoms with Crippen LogP contribution < -0.4 is 5.73 Å². The van der Waals surface area contributed by atoms with E-state index in [9.17, 15) is 4.79 Å². The Bertz CT molecular complexity index is 249. The van der Waals surface area contributed by atoms with Crippen molar-refractivity contribution in [2.45, 2.75) is 46.1 Å². The summed E-state index contributed by atoms with van der Waals surface area (Å²) < 4.78 is 5.57. The molecule has 1 aliphatic heterocycles. The number of hydrogen-bond donors (Lipinski definition) is 1. The van der Waals surface area contributed by atoms with Crippen molar-refractivity contribution in [3.63, 3.8) is 0 Å². The molecule has 1 unspecified atom stereocenters. The maximum absolute atomic E-state index is 12.6. The van der Waals surface area contributed by atoms with Crippen LogP contribution in [0.25, 0.3) is 0 Å². The van der Waals surface area contributed by atoms with E-state index in [1.807, 2.05) is 25.7 Å². The second kappa shape index (κ2) is 7.97. The molecule has 0 bridgehead atoms. The van der Waals surface area contributed by atoms with Crippen LogP contribution in [-0.4, -0.2) is 43.2 Å². The van der Waals surface area contributed by atoms with Crippen LogP contribution in [-0.2, 0) is 9.53 Å². The van der Waals surface area contributed by atoms with Crippen molar-refractivity contribution in [2.75, 3.05) is 26.2 Å². The molecule has 18 heavy (non-hydrogen) atoms. The van der Waals surface area contributed by atoms with Crippen LogP contribution in [0.2, 0.25) is 0 Å². The fourth-order valence-electron chi connectivity index (χ4n) is 2.44. The molecular weight excluding hydrogens is 252 g/mol. The van der Waals surface area contributed by atoms with E-state index in [0.717, 1.165) is 32.4 Å². The minimum Gasteiger partial charge on any atom is -0.377 e. The van der Waals surface area contributed by atoms with Gasteiger partial charge in [0.2, 0.25) is 5.91 Å². The summed E-state index contributed by atoms with van der Waals surface area (Å²) in [5, 5.41) is 0. The number of hydrogen-bond acceptors (Lipinski definition) is 3. The number of ether oxygens (including phenoxy) is 1. The van der Waals surface area contributed by atoms with Crippen molar-refractivity contribution in [3.05, 3.63) is 0 Å². The molecule has 5 heteroatoms. The fraction of sp³-hybridized carbons (Fsp3) is 0.923. The molecule has 0 aromatic rings. The SMILES string of the molecule is CCC(CC)(CN)C(=O)N1CCCOC(C)C1.Cl. The Kier molecular flexibility index (Phi) is 7.83. The van der Waals surface area contributed by atoms with Crippen LogP contribution in [0.1, 0.15) is 40.0 Å². The summed E-state index contributed by atoms with van der Waals surface area (Å²) in [5.41, 5.74) is 5.46. The average Bonchev–Trinajstić information content (AvgIpc) is 2.56. The maximum Gasteiger partial charge on any atom is 0.230 e. The highest BCUT2D eigenvalue weighted by molar-refractivity contribution is 5.85. The van der Waals surface area contributed by atoms with Crippen LogP contribution in [0.15, 0.2) is 0 Å². The Hall–Kier alpha value is -0.320. The molecule has 1 fully saturated rings. The summed E-state index contributed by atoms with van der Waals surface area (Å²) in [6, 6.07) is 0. The number of halogens is 1. The zero-order valence-electron chi connectivity index (χ0n) is 11.8. The lowest BCUT2D eigenvalue weighted by atomic mass is 9.81. The Morgan fingerprint density at radius 1 is 1.44 bits per heavy atom. The molecule has 1 rings (SSSR count). The van der Waals surface area contributed by atoms with Gasteiger partial charge in [0, 0.05) is 26.2 Å². The van der Waals surface area contributed by atoms with E-state index < -0.39 is 0 Å². The highest BCUT2D eigenvalue weighted by Gasteiger charge is 2.37. The summed E-state index contributed by atoms with van der Waals surface area (Å²) in [6.07, 6.45) is 2.67. The highest BCUT2D eigenvalue weighted by Crippen LogP contribution is 2.28. The van der Waals surface area contributed by atoms with Gasteiger partial charge in [-0.25, -0.2) is 0 Å². The Morgan fingerprint density at radius 3 is 2.56 bits per heavy atom. The lowest BCUT2D eigenvalue weighted by Gasteiger charge is -2.35. The maximum atomic E-state index is 12.6. The van der Waals surface area contributed by atoms with Crippen LogP contribution in [0.3, 0.4) is 0 Å². The largest absolute Gasteiger partial charge is 0.377 e. The quantitative estimate of drug-likeness (QED) is 0.853. The first kappa shape index (κ1) is 17.7. The lowest BCUT2D eigenvalue weighted by Crippen LogP contribution is -2.49. The van der Waals surface area contributed by atoms with Gasteiger partial charge in [-0.1, -0.05) is 13.8 Å². The van der Waals surface area contributed by atoms with E-state index in [2.05, 4.69) is 0 Å². The molecule has 0 aliphatic carbocycles. The van der Waals surface area contributed by atoms with Crippen molar-refractivity contribution in [1.29, 1.82) is 0 Å². The zero-order valence-corrected chi connectivity index (χ0v) is 12.6. The van der Waals surface area contributed by atoms with E-state index in [0.29, 0.717) is 13.1 Å². The fourth-order valence-corrected chi connectivity index (χ4v) is 2.44. The van der Waals surface area contributed by atoms with Crippen LogP contribution >= 0.6 is 12.4 Å². The van der Waals surface area contributed by atoms with Gasteiger partial charge < -0.3 is 15.4 Å². The lowest BCUT2D eigenvalue weighted by molar-refractivity contribution is -0.142. The van der Waals surface area contributed by atoms with Crippen molar-refractivity contribution >= 4 is 18.3 Å². The van der Waals surface area contributed by atoms with Crippen LogP contribution in [0.4, 0.5) is 0 Å². The number of nitrogens with two attached hydrogens (primary N) is 1. The molecule has 0 aromatic heterocycles. The van der Waals surface area contributed by atoms with Gasteiger partial charge >= 0.3 is 0 Å². The van der Waals surface area contributed by atoms with E-state index in [-0.39, 0.29) is 29.8 Å². The van der Waals surface area contributed by atoms with E-state index in [1.165, 1.54) is 0 Å². The summed E-state index contributed by atoms with van der Waals surface area (Å²) in [4.78, 5) is 14.5. The number of amides is 1. The summed E-state index contributed by atoms with van der Waals surface area (Å²) in [7, 11) is 0. The molecule has 0 radical (unpaired) electrons. The highest BCUT2D eigenvalue weighted by atomic mass is 35.5. The Labute approximate surface area is 117 Å².